The number of guanidine groups is 1. The Morgan fingerprint density at radius 1 is 1.08 bits per heavy atom. The van der Waals surface area contributed by atoms with E-state index in [1.54, 1.807) is 19.2 Å². The van der Waals surface area contributed by atoms with Crippen LogP contribution >= 0.6 is 24.0 Å². The van der Waals surface area contributed by atoms with Crippen LogP contribution in [0.3, 0.4) is 0 Å². The molecule has 0 aromatic heterocycles. The van der Waals surface area contributed by atoms with Crippen molar-refractivity contribution in [3.05, 3.63) is 59.2 Å². The van der Waals surface area contributed by atoms with E-state index in [1.165, 1.54) is 5.56 Å². The number of aryl methyl sites for hydroxylation is 1. The number of halogens is 1. The van der Waals surface area contributed by atoms with Crippen molar-refractivity contribution < 1.29 is 9.84 Å². The van der Waals surface area contributed by atoms with E-state index in [9.17, 15) is 5.11 Å². The minimum atomic E-state index is 0. The van der Waals surface area contributed by atoms with Crippen molar-refractivity contribution in [2.24, 2.45) is 4.99 Å². The molecule has 0 aliphatic rings. The second-order valence-corrected chi connectivity index (χ2v) is 5.84. The predicted octanol–water partition coefficient (Wildman–Crippen LogP) is 3.63. The lowest BCUT2D eigenvalue weighted by molar-refractivity contribution is 0.411. The summed E-state index contributed by atoms with van der Waals surface area (Å²) in [6, 6.07) is 13.4. The van der Waals surface area contributed by atoms with E-state index in [-0.39, 0.29) is 29.7 Å². The highest BCUT2D eigenvalue weighted by molar-refractivity contribution is 14.0. The van der Waals surface area contributed by atoms with Crippen molar-refractivity contribution in [2.75, 3.05) is 20.2 Å². The molecule has 6 heteroatoms. The number of nitrogens with zero attached hydrogens (tertiary/aromatic N) is 1. The van der Waals surface area contributed by atoms with Crippen LogP contribution < -0.4 is 15.4 Å². The van der Waals surface area contributed by atoms with Crippen LogP contribution in [-0.2, 0) is 13.0 Å². The number of phenols is 1. The molecule has 26 heavy (non-hydrogen) atoms. The molecule has 0 heterocycles. The molecule has 3 N–H and O–H groups in total. The summed E-state index contributed by atoms with van der Waals surface area (Å²) in [5.41, 5.74) is 3.42. The fraction of sp³-hybridized carbons (Fsp3) is 0.350. The maximum absolute atomic E-state index is 9.33. The van der Waals surface area contributed by atoms with Gasteiger partial charge < -0.3 is 20.5 Å². The van der Waals surface area contributed by atoms with E-state index in [2.05, 4.69) is 33.8 Å². The van der Waals surface area contributed by atoms with Gasteiger partial charge in [0, 0.05) is 13.1 Å². The largest absolute Gasteiger partial charge is 0.508 e. The van der Waals surface area contributed by atoms with Crippen LogP contribution in [0.2, 0.25) is 0 Å². The van der Waals surface area contributed by atoms with Gasteiger partial charge in [-0.2, -0.15) is 0 Å². The van der Waals surface area contributed by atoms with E-state index >= 15 is 0 Å². The molecular weight excluding hydrogens is 441 g/mol. The van der Waals surface area contributed by atoms with E-state index in [0.717, 1.165) is 42.3 Å². The second-order valence-electron chi connectivity index (χ2n) is 5.84. The molecule has 0 aliphatic carbocycles. The number of benzene rings is 2. The Hall–Kier alpha value is -1.96. The Balaban J connectivity index is 0.00000338. The number of hydrogen-bond acceptors (Lipinski definition) is 3. The van der Waals surface area contributed by atoms with E-state index in [0.29, 0.717) is 6.54 Å². The highest BCUT2D eigenvalue weighted by Gasteiger charge is 2.02. The minimum absolute atomic E-state index is 0. The van der Waals surface area contributed by atoms with Gasteiger partial charge in [-0.25, -0.2) is 4.99 Å². The smallest absolute Gasteiger partial charge is 0.191 e. The Bertz CT molecular complexity index is 703. The number of phenolic OH excluding ortho intramolecular Hbond substituents is 1. The summed E-state index contributed by atoms with van der Waals surface area (Å²) in [6.45, 7) is 6.24. The first kappa shape index (κ1) is 22.1. The van der Waals surface area contributed by atoms with Crippen LogP contribution in [-0.4, -0.2) is 31.3 Å². The first-order valence-corrected chi connectivity index (χ1v) is 8.56. The number of ether oxygens (including phenoxy) is 1. The maximum atomic E-state index is 9.33. The van der Waals surface area contributed by atoms with Gasteiger partial charge in [-0.3, -0.25) is 0 Å². The van der Waals surface area contributed by atoms with Gasteiger partial charge in [0.2, 0.25) is 0 Å². The van der Waals surface area contributed by atoms with Crippen LogP contribution in [0.15, 0.2) is 47.5 Å². The van der Waals surface area contributed by atoms with Gasteiger partial charge in [0.25, 0.3) is 0 Å². The third-order valence-corrected chi connectivity index (χ3v) is 3.88. The molecule has 0 amide bonds. The monoisotopic (exact) mass is 469 g/mol. The topological polar surface area (TPSA) is 65.9 Å². The van der Waals surface area contributed by atoms with Gasteiger partial charge >= 0.3 is 0 Å². The molecule has 0 saturated heterocycles. The molecule has 2 aromatic carbocycles. The molecule has 0 unspecified atom stereocenters. The second kappa shape index (κ2) is 11.6. The van der Waals surface area contributed by atoms with Crippen molar-refractivity contribution in [1.29, 1.82) is 0 Å². The Kier molecular flexibility index (Phi) is 9.87. The molecule has 0 atom stereocenters. The van der Waals surface area contributed by atoms with Crippen molar-refractivity contribution >= 4 is 29.9 Å². The average Bonchev–Trinajstić information content (AvgIpc) is 2.62. The summed E-state index contributed by atoms with van der Waals surface area (Å²) in [5.74, 6) is 1.98. The van der Waals surface area contributed by atoms with E-state index in [4.69, 9.17) is 4.74 Å². The summed E-state index contributed by atoms with van der Waals surface area (Å²) in [7, 11) is 1.70. The van der Waals surface area contributed by atoms with Gasteiger partial charge in [0.1, 0.15) is 11.5 Å². The average molecular weight is 469 g/mol. The maximum Gasteiger partial charge on any atom is 0.191 e. The summed E-state index contributed by atoms with van der Waals surface area (Å²) < 4.78 is 5.37. The fourth-order valence-corrected chi connectivity index (χ4v) is 2.46. The lowest BCUT2D eigenvalue weighted by Crippen LogP contribution is -2.38. The highest BCUT2D eigenvalue weighted by atomic mass is 127. The first-order valence-electron chi connectivity index (χ1n) is 8.56. The minimum Gasteiger partial charge on any atom is -0.508 e. The van der Waals surface area contributed by atoms with Gasteiger partial charge in [0.05, 0.1) is 13.7 Å². The fourth-order valence-electron chi connectivity index (χ4n) is 2.46. The molecule has 0 spiro atoms. The molecular formula is C20H28IN3O2. The van der Waals surface area contributed by atoms with Crippen LogP contribution in [0.25, 0.3) is 0 Å². The van der Waals surface area contributed by atoms with Crippen LogP contribution in [0, 0.1) is 6.92 Å². The van der Waals surface area contributed by atoms with Crippen molar-refractivity contribution in [2.45, 2.75) is 26.8 Å². The molecule has 0 fully saturated rings. The zero-order valence-corrected chi connectivity index (χ0v) is 17.9. The summed E-state index contributed by atoms with van der Waals surface area (Å²) in [4.78, 5) is 4.58. The third-order valence-electron chi connectivity index (χ3n) is 3.88. The highest BCUT2D eigenvalue weighted by Crippen LogP contribution is 2.19. The first-order chi connectivity index (χ1) is 12.1. The quantitative estimate of drug-likeness (QED) is 0.329. The van der Waals surface area contributed by atoms with Crippen LogP contribution in [0.5, 0.6) is 11.5 Å². The number of nitrogens with one attached hydrogen (secondary N) is 2. The summed E-state index contributed by atoms with van der Waals surface area (Å²) in [6.07, 6.45) is 0.889. The van der Waals surface area contributed by atoms with Crippen LogP contribution in [0.1, 0.15) is 23.6 Å². The van der Waals surface area contributed by atoms with Crippen molar-refractivity contribution in [3.63, 3.8) is 0 Å². The predicted molar refractivity (Wildman–Crippen MR) is 118 cm³/mol. The number of methoxy groups -OCH3 is 1. The molecule has 0 aliphatic heterocycles. The molecule has 2 rings (SSSR count). The Labute approximate surface area is 172 Å². The molecule has 0 saturated carbocycles. The van der Waals surface area contributed by atoms with E-state index in [1.807, 2.05) is 26.0 Å². The van der Waals surface area contributed by atoms with E-state index < -0.39 is 0 Å². The number of rotatable bonds is 7. The number of aliphatic imine (C=N–C) groups is 1. The normalized spacial score (nSPS) is 10.8. The van der Waals surface area contributed by atoms with Gasteiger partial charge in [-0.1, -0.05) is 24.3 Å². The Morgan fingerprint density at radius 2 is 1.77 bits per heavy atom. The molecule has 0 bridgehead atoms. The van der Waals surface area contributed by atoms with Crippen molar-refractivity contribution in [1.82, 2.24) is 10.6 Å². The zero-order chi connectivity index (χ0) is 18.1. The van der Waals surface area contributed by atoms with Crippen molar-refractivity contribution in [3.8, 4) is 11.5 Å². The molecule has 0 radical (unpaired) electrons. The Morgan fingerprint density at radius 3 is 2.42 bits per heavy atom. The summed E-state index contributed by atoms with van der Waals surface area (Å²) in [5, 5.41) is 15.9. The molecule has 2 aromatic rings. The van der Waals surface area contributed by atoms with Gasteiger partial charge in [0.15, 0.2) is 5.96 Å². The SMILES string of the molecule is CCNC(=NCc1ccc(O)cc1)NCCc1ccc(C)c(OC)c1.I. The van der Waals surface area contributed by atoms with Gasteiger partial charge in [-0.15, -0.1) is 24.0 Å². The zero-order valence-electron chi connectivity index (χ0n) is 15.6. The number of aromatic hydroxyl groups is 1. The molecule has 142 valence electrons. The van der Waals surface area contributed by atoms with Gasteiger partial charge in [-0.05, 0) is 55.2 Å². The standard InChI is InChI=1S/C20H27N3O2.HI/c1-4-21-20(23-14-17-7-9-18(24)10-8-17)22-12-11-16-6-5-15(2)19(13-16)25-3;/h5-10,13,24H,4,11-12,14H2,1-3H3,(H2,21,22,23);1H. The van der Waals surface area contributed by atoms with Crippen LogP contribution in [0.4, 0.5) is 0 Å². The lowest BCUT2D eigenvalue weighted by Gasteiger charge is -2.12. The number of hydrogen-bond donors (Lipinski definition) is 3. The summed E-state index contributed by atoms with van der Waals surface area (Å²) >= 11 is 0. The third kappa shape index (κ3) is 7.11. The lowest BCUT2D eigenvalue weighted by atomic mass is 10.1. The molecule has 5 nitrogen and oxygen atoms in total.